The molecule has 0 atom stereocenters. The first-order chi connectivity index (χ1) is 8.66. The fourth-order valence-corrected chi connectivity index (χ4v) is 1.83. The van der Waals surface area contributed by atoms with Gasteiger partial charge in [-0.1, -0.05) is 18.2 Å². The van der Waals surface area contributed by atoms with E-state index in [1.807, 2.05) is 17.8 Å². The van der Waals surface area contributed by atoms with Crippen LogP contribution < -0.4 is 0 Å². The van der Waals surface area contributed by atoms with Gasteiger partial charge >= 0.3 is 0 Å². The molecule has 0 aliphatic rings. The molecule has 0 fully saturated rings. The zero-order valence-corrected chi connectivity index (χ0v) is 10.3. The summed E-state index contributed by atoms with van der Waals surface area (Å²) in [7, 11) is 1.89. The molecule has 18 heavy (non-hydrogen) atoms. The average molecular weight is 246 g/mol. The quantitative estimate of drug-likeness (QED) is 0.811. The second kappa shape index (κ2) is 5.58. The van der Waals surface area contributed by atoms with Crippen LogP contribution in [0.25, 0.3) is 0 Å². The fourth-order valence-electron chi connectivity index (χ4n) is 1.83. The van der Waals surface area contributed by atoms with Crippen molar-refractivity contribution in [3.63, 3.8) is 0 Å². The van der Waals surface area contributed by atoms with Crippen molar-refractivity contribution in [2.75, 3.05) is 0 Å². The van der Waals surface area contributed by atoms with E-state index in [9.17, 15) is 9.18 Å². The molecule has 1 heterocycles. The van der Waals surface area contributed by atoms with Crippen molar-refractivity contribution < 1.29 is 9.18 Å². The van der Waals surface area contributed by atoms with Crippen LogP contribution in [0.2, 0.25) is 0 Å². The van der Waals surface area contributed by atoms with Gasteiger partial charge in [0.15, 0.2) is 0 Å². The summed E-state index contributed by atoms with van der Waals surface area (Å²) < 4.78 is 15.2. The molecule has 0 N–H and O–H groups in total. The number of Topliss-reactive ketones (excluding diaryl/α,β-unsaturated/α-hetero) is 1. The summed E-state index contributed by atoms with van der Waals surface area (Å²) in [5.41, 5.74) is 0.461. The maximum absolute atomic E-state index is 13.4. The molecule has 0 bridgehead atoms. The number of nitrogens with zero attached hydrogens (tertiary/aromatic N) is 2. The maximum Gasteiger partial charge on any atom is 0.137 e. The van der Waals surface area contributed by atoms with Crippen LogP contribution in [0.15, 0.2) is 36.7 Å². The Kier molecular flexibility index (Phi) is 3.87. The van der Waals surface area contributed by atoms with Crippen LogP contribution in [0.5, 0.6) is 0 Å². The maximum atomic E-state index is 13.4. The Morgan fingerprint density at radius 2 is 2.17 bits per heavy atom. The number of carbonyl (C=O) groups excluding carboxylic acids is 1. The van der Waals surface area contributed by atoms with E-state index < -0.39 is 0 Å². The number of hydrogen-bond acceptors (Lipinski definition) is 2. The molecule has 0 aliphatic heterocycles. The normalized spacial score (nSPS) is 10.6. The van der Waals surface area contributed by atoms with E-state index in [2.05, 4.69) is 4.98 Å². The van der Waals surface area contributed by atoms with Gasteiger partial charge in [-0.3, -0.25) is 4.79 Å². The van der Waals surface area contributed by atoms with E-state index in [0.29, 0.717) is 18.4 Å². The standard InChI is InChI=1S/C14H15FN2O/c1-17-9-8-16-14(17)7-6-12(18)10-11-4-2-3-5-13(11)15/h2-5,8-9H,6-7,10H2,1H3. The van der Waals surface area contributed by atoms with Crippen molar-refractivity contribution in [3.05, 3.63) is 53.9 Å². The molecule has 0 aliphatic carbocycles. The number of rotatable bonds is 5. The predicted octanol–water partition coefficient (Wildman–Crippen LogP) is 2.30. The van der Waals surface area contributed by atoms with Gasteiger partial charge in [0, 0.05) is 38.7 Å². The molecule has 0 unspecified atom stereocenters. The fraction of sp³-hybridized carbons (Fsp3) is 0.286. The van der Waals surface area contributed by atoms with Crippen LogP contribution in [0.4, 0.5) is 4.39 Å². The molecule has 0 saturated heterocycles. The zero-order chi connectivity index (χ0) is 13.0. The van der Waals surface area contributed by atoms with Crippen molar-refractivity contribution in [1.82, 2.24) is 9.55 Å². The summed E-state index contributed by atoms with van der Waals surface area (Å²) >= 11 is 0. The van der Waals surface area contributed by atoms with E-state index in [0.717, 1.165) is 5.82 Å². The minimum atomic E-state index is -0.317. The van der Waals surface area contributed by atoms with E-state index in [4.69, 9.17) is 0 Å². The second-order valence-electron chi connectivity index (χ2n) is 4.26. The van der Waals surface area contributed by atoms with Crippen LogP contribution in [-0.2, 0) is 24.7 Å². The lowest BCUT2D eigenvalue weighted by atomic mass is 10.1. The summed E-state index contributed by atoms with van der Waals surface area (Å²) in [4.78, 5) is 15.9. The molecular weight excluding hydrogens is 231 g/mol. The summed E-state index contributed by atoms with van der Waals surface area (Å²) in [6, 6.07) is 6.39. The van der Waals surface area contributed by atoms with E-state index in [-0.39, 0.29) is 18.0 Å². The first-order valence-corrected chi connectivity index (χ1v) is 5.88. The number of aryl methyl sites for hydroxylation is 2. The SMILES string of the molecule is Cn1ccnc1CCC(=O)Cc1ccccc1F. The summed E-state index contributed by atoms with van der Waals surface area (Å²) in [6.45, 7) is 0. The Morgan fingerprint density at radius 1 is 1.39 bits per heavy atom. The van der Waals surface area contributed by atoms with Crippen molar-refractivity contribution in [3.8, 4) is 0 Å². The van der Waals surface area contributed by atoms with Gasteiger partial charge in [-0.25, -0.2) is 9.37 Å². The Labute approximate surface area is 105 Å². The number of benzene rings is 1. The first kappa shape index (κ1) is 12.5. The monoisotopic (exact) mass is 246 g/mol. The molecule has 4 heteroatoms. The third-order valence-corrected chi connectivity index (χ3v) is 2.89. The number of aromatic nitrogens is 2. The predicted molar refractivity (Wildman–Crippen MR) is 66.6 cm³/mol. The topological polar surface area (TPSA) is 34.9 Å². The summed E-state index contributed by atoms with van der Waals surface area (Å²) in [6.07, 6.45) is 4.68. The lowest BCUT2D eigenvalue weighted by molar-refractivity contribution is -0.118. The highest BCUT2D eigenvalue weighted by Crippen LogP contribution is 2.09. The van der Waals surface area contributed by atoms with Gasteiger partial charge in [0.1, 0.15) is 17.4 Å². The van der Waals surface area contributed by atoms with Crippen LogP contribution in [0.3, 0.4) is 0 Å². The van der Waals surface area contributed by atoms with Crippen molar-refractivity contribution in [2.45, 2.75) is 19.3 Å². The van der Waals surface area contributed by atoms with Gasteiger partial charge in [-0.05, 0) is 11.6 Å². The second-order valence-corrected chi connectivity index (χ2v) is 4.26. The third kappa shape index (κ3) is 3.03. The Balaban J connectivity index is 1.90. The van der Waals surface area contributed by atoms with E-state index in [1.54, 1.807) is 24.4 Å². The minimum Gasteiger partial charge on any atom is -0.338 e. The van der Waals surface area contributed by atoms with Gasteiger partial charge in [0.2, 0.25) is 0 Å². The highest BCUT2D eigenvalue weighted by Gasteiger charge is 2.09. The number of imidazole rings is 1. The average Bonchev–Trinajstić information content (AvgIpc) is 2.75. The first-order valence-electron chi connectivity index (χ1n) is 5.88. The number of carbonyl (C=O) groups is 1. The van der Waals surface area contributed by atoms with Crippen LogP contribution in [0, 0.1) is 5.82 Å². The van der Waals surface area contributed by atoms with Crippen LogP contribution >= 0.6 is 0 Å². The molecule has 0 amide bonds. The van der Waals surface area contributed by atoms with Crippen molar-refractivity contribution in [2.24, 2.45) is 7.05 Å². The van der Waals surface area contributed by atoms with Gasteiger partial charge in [0.05, 0.1) is 0 Å². The molecular formula is C14H15FN2O. The lowest BCUT2D eigenvalue weighted by Crippen LogP contribution is -2.08. The van der Waals surface area contributed by atoms with Crippen molar-refractivity contribution in [1.29, 1.82) is 0 Å². The zero-order valence-electron chi connectivity index (χ0n) is 10.3. The molecule has 0 saturated carbocycles. The van der Waals surface area contributed by atoms with Crippen LogP contribution in [-0.4, -0.2) is 15.3 Å². The molecule has 3 nitrogen and oxygen atoms in total. The highest BCUT2D eigenvalue weighted by molar-refractivity contribution is 5.81. The Hall–Kier alpha value is -1.97. The summed E-state index contributed by atoms with van der Waals surface area (Å²) in [5.74, 6) is 0.586. The molecule has 0 radical (unpaired) electrons. The minimum absolute atomic E-state index is 0.0306. The van der Waals surface area contributed by atoms with Crippen LogP contribution in [0.1, 0.15) is 17.8 Å². The van der Waals surface area contributed by atoms with Gasteiger partial charge < -0.3 is 4.57 Å². The molecule has 2 rings (SSSR count). The molecule has 94 valence electrons. The summed E-state index contributed by atoms with van der Waals surface area (Å²) in [5, 5.41) is 0. The molecule has 2 aromatic rings. The van der Waals surface area contributed by atoms with E-state index in [1.165, 1.54) is 6.07 Å². The highest BCUT2D eigenvalue weighted by atomic mass is 19.1. The molecule has 1 aromatic heterocycles. The number of hydrogen-bond donors (Lipinski definition) is 0. The lowest BCUT2D eigenvalue weighted by Gasteiger charge is -2.03. The smallest absolute Gasteiger partial charge is 0.137 e. The van der Waals surface area contributed by atoms with Crippen molar-refractivity contribution >= 4 is 5.78 Å². The van der Waals surface area contributed by atoms with E-state index >= 15 is 0 Å². The Morgan fingerprint density at radius 3 is 2.83 bits per heavy atom. The van der Waals surface area contributed by atoms with Gasteiger partial charge in [0.25, 0.3) is 0 Å². The molecule has 0 spiro atoms. The van der Waals surface area contributed by atoms with Gasteiger partial charge in [-0.15, -0.1) is 0 Å². The van der Waals surface area contributed by atoms with Gasteiger partial charge in [-0.2, -0.15) is 0 Å². The largest absolute Gasteiger partial charge is 0.338 e. The molecule has 1 aromatic carbocycles. The number of halogens is 1. The number of ketones is 1. The Bertz CT molecular complexity index is 548. The third-order valence-electron chi connectivity index (χ3n) is 2.89.